The molecule has 35 heavy (non-hydrogen) atoms. The molecule has 2 fully saturated rings. The summed E-state index contributed by atoms with van der Waals surface area (Å²) in [6.07, 6.45) is 1.84. The normalized spacial score (nSPS) is 18.3. The zero-order valence-electron chi connectivity index (χ0n) is 19.6. The highest BCUT2D eigenvalue weighted by atomic mass is 16.5. The van der Waals surface area contributed by atoms with Crippen LogP contribution in [0.2, 0.25) is 0 Å². The van der Waals surface area contributed by atoms with Gasteiger partial charge in [-0.2, -0.15) is 0 Å². The number of carbonyl (C=O) groups is 3. The maximum absolute atomic E-state index is 13.6. The van der Waals surface area contributed by atoms with Crippen molar-refractivity contribution in [2.24, 2.45) is 5.92 Å². The Labute approximate surface area is 204 Å². The van der Waals surface area contributed by atoms with Gasteiger partial charge in [-0.15, -0.1) is 0 Å². The second kappa shape index (κ2) is 9.70. The van der Waals surface area contributed by atoms with E-state index in [4.69, 9.17) is 9.47 Å². The Kier molecular flexibility index (Phi) is 6.47. The number of benzene rings is 2. The van der Waals surface area contributed by atoms with Crippen molar-refractivity contribution in [3.8, 4) is 11.1 Å². The van der Waals surface area contributed by atoms with E-state index in [2.05, 4.69) is 17.4 Å². The number of nitrogens with one attached hydrogen (secondary N) is 1. The Morgan fingerprint density at radius 2 is 1.60 bits per heavy atom. The topological polar surface area (TPSA) is 105 Å². The molecule has 184 valence electrons. The van der Waals surface area contributed by atoms with Crippen molar-refractivity contribution in [2.75, 3.05) is 32.9 Å². The van der Waals surface area contributed by atoms with E-state index in [1.165, 1.54) is 4.90 Å². The fourth-order valence-corrected chi connectivity index (χ4v) is 5.24. The molecule has 0 spiro atoms. The molecule has 0 aromatic heterocycles. The van der Waals surface area contributed by atoms with Crippen molar-refractivity contribution in [1.82, 2.24) is 10.2 Å². The Morgan fingerprint density at radius 1 is 1.00 bits per heavy atom. The van der Waals surface area contributed by atoms with Gasteiger partial charge in [0.25, 0.3) is 0 Å². The van der Waals surface area contributed by atoms with Crippen LogP contribution in [-0.4, -0.2) is 66.4 Å². The average molecular weight is 479 g/mol. The molecule has 0 radical (unpaired) electrons. The molecule has 1 aliphatic heterocycles. The van der Waals surface area contributed by atoms with E-state index in [-0.39, 0.29) is 37.8 Å². The molecular weight excluding hydrogens is 448 g/mol. The SMILES string of the molecule is O=C(O)CN(CC1CC1)C(=O)C1(NC(=O)OCC2c3ccccc3-c3ccccc32)CCOCC1. The van der Waals surface area contributed by atoms with Crippen molar-refractivity contribution in [1.29, 1.82) is 0 Å². The van der Waals surface area contributed by atoms with Crippen LogP contribution in [0, 0.1) is 5.92 Å². The number of carbonyl (C=O) groups excluding carboxylic acids is 2. The van der Waals surface area contributed by atoms with Crippen LogP contribution in [-0.2, 0) is 19.1 Å². The summed E-state index contributed by atoms with van der Waals surface area (Å²) >= 11 is 0. The van der Waals surface area contributed by atoms with Crippen molar-refractivity contribution in [2.45, 2.75) is 37.1 Å². The zero-order chi connectivity index (χ0) is 24.4. The van der Waals surface area contributed by atoms with Gasteiger partial charge in [-0.05, 0) is 41.0 Å². The van der Waals surface area contributed by atoms with Crippen LogP contribution in [0.15, 0.2) is 48.5 Å². The van der Waals surface area contributed by atoms with Gasteiger partial charge in [-0.25, -0.2) is 4.79 Å². The highest BCUT2D eigenvalue weighted by Crippen LogP contribution is 2.44. The second-order valence-electron chi connectivity index (χ2n) is 9.67. The fourth-order valence-electron chi connectivity index (χ4n) is 5.24. The van der Waals surface area contributed by atoms with Gasteiger partial charge < -0.3 is 24.8 Å². The third-order valence-electron chi connectivity index (χ3n) is 7.23. The minimum atomic E-state index is -1.23. The first-order valence-electron chi connectivity index (χ1n) is 12.2. The first-order valence-corrected chi connectivity index (χ1v) is 12.2. The van der Waals surface area contributed by atoms with Crippen molar-refractivity contribution < 1.29 is 29.0 Å². The predicted octanol–water partition coefficient (Wildman–Crippen LogP) is 3.40. The van der Waals surface area contributed by atoms with E-state index in [0.717, 1.165) is 35.1 Å². The molecule has 1 heterocycles. The lowest BCUT2D eigenvalue weighted by Gasteiger charge is -2.39. The van der Waals surface area contributed by atoms with E-state index in [9.17, 15) is 19.5 Å². The first-order chi connectivity index (χ1) is 17.0. The first kappa shape index (κ1) is 23.4. The van der Waals surface area contributed by atoms with Crippen molar-refractivity contribution in [3.05, 3.63) is 59.7 Å². The van der Waals surface area contributed by atoms with E-state index in [1.807, 2.05) is 36.4 Å². The lowest BCUT2D eigenvalue weighted by atomic mass is 9.88. The highest BCUT2D eigenvalue weighted by molar-refractivity contribution is 5.92. The van der Waals surface area contributed by atoms with Gasteiger partial charge in [0.15, 0.2) is 0 Å². The van der Waals surface area contributed by atoms with Gasteiger partial charge in [0.2, 0.25) is 5.91 Å². The molecule has 2 aromatic carbocycles. The molecule has 5 rings (SSSR count). The summed E-state index contributed by atoms with van der Waals surface area (Å²) in [7, 11) is 0. The van der Waals surface area contributed by atoms with Crippen LogP contribution in [0.4, 0.5) is 4.79 Å². The third-order valence-corrected chi connectivity index (χ3v) is 7.23. The maximum atomic E-state index is 13.6. The smallest absolute Gasteiger partial charge is 0.408 e. The Bertz CT molecular complexity index is 1080. The molecule has 1 saturated carbocycles. The lowest BCUT2D eigenvalue weighted by Crippen LogP contribution is -2.63. The number of alkyl carbamates (subject to hydrolysis) is 1. The average Bonchev–Trinajstić information content (AvgIpc) is 3.62. The summed E-state index contributed by atoms with van der Waals surface area (Å²) < 4.78 is 11.1. The number of amides is 2. The molecule has 2 aliphatic carbocycles. The largest absolute Gasteiger partial charge is 0.480 e. The number of carboxylic acids is 1. The predicted molar refractivity (Wildman–Crippen MR) is 128 cm³/mol. The minimum Gasteiger partial charge on any atom is -0.480 e. The van der Waals surface area contributed by atoms with Crippen LogP contribution >= 0.6 is 0 Å². The Morgan fingerprint density at radius 3 is 2.17 bits per heavy atom. The summed E-state index contributed by atoms with van der Waals surface area (Å²) in [6.45, 7) is 0.755. The van der Waals surface area contributed by atoms with Gasteiger partial charge in [-0.3, -0.25) is 9.59 Å². The molecule has 2 aromatic rings. The fraction of sp³-hybridized carbons (Fsp3) is 0.444. The highest BCUT2D eigenvalue weighted by Gasteiger charge is 2.46. The molecule has 0 atom stereocenters. The molecule has 0 unspecified atom stereocenters. The van der Waals surface area contributed by atoms with Gasteiger partial charge in [0, 0.05) is 38.5 Å². The van der Waals surface area contributed by atoms with Crippen LogP contribution in [0.25, 0.3) is 11.1 Å². The number of aliphatic carboxylic acids is 1. The molecule has 1 saturated heterocycles. The summed E-state index contributed by atoms with van der Waals surface area (Å²) in [4.78, 5) is 39.4. The molecule has 2 N–H and O–H groups in total. The maximum Gasteiger partial charge on any atom is 0.408 e. The number of hydrogen-bond acceptors (Lipinski definition) is 5. The van der Waals surface area contributed by atoms with Crippen LogP contribution < -0.4 is 5.32 Å². The molecule has 3 aliphatic rings. The van der Waals surface area contributed by atoms with E-state index in [1.54, 1.807) is 0 Å². The molecule has 2 amide bonds. The van der Waals surface area contributed by atoms with E-state index in [0.29, 0.717) is 25.7 Å². The molecule has 8 heteroatoms. The quantitative estimate of drug-likeness (QED) is 0.603. The third kappa shape index (κ3) is 4.89. The standard InChI is InChI=1S/C27H30N2O6/c30-24(31)16-29(15-18-9-10-18)25(32)27(11-13-34-14-12-27)28-26(33)35-17-23-21-7-3-1-5-19(21)20-6-2-4-8-22(20)23/h1-8,18,23H,9-17H2,(H,28,33)(H,30,31). The number of hydrogen-bond donors (Lipinski definition) is 2. The lowest BCUT2D eigenvalue weighted by molar-refractivity contribution is -0.150. The number of rotatable bonds is 8. The van der Waals surface area contributed by atoms with Gasteiger partial charge in [0.1, 0.15) is 18.7 Å². The van der Waals surface area contributed by atoms with Gasteiger partial charge in [-0.1, -0.05) is 48.5 Å². The molecular formula is C27H30N2O6. The van der Waals surface area contributed by atoms with Crippen molar-refractivity contribution >= 4 is 18.0 Å². The van der Waals surface area contributed by atoms with E-state index >= 15 is 0 Å². The summed E-state index contributed by atoms with van der Waals surface area (Å²) in [5, 5.41) is 12.2. The number of fused-ring (bicyclic) bond motifs is 3. The van der Waals surface area contributed by atoms with Crippen molar-refractivity contribution in [3.63, 3.8) is 0 Å². The van der Waals surface area contributed by atoms with Crippen LogP contribution in [0.1, 0.15) is 42.7 Å². The number of carboxylic acid groups (broad SMARTS) is 1. The number of nitrogens with zero attached hydrogens (tertiary/aromatic N) is 1. The van der Waals surface area contributed by atoms with Crippen LogP contribution in [0.5, 0.6) is 0 Å². The Hall–Kier alpha value is -3.39. The summed E-state index contributed by atoms with van der Waals surface area (Å²) in [6, 6.07) is 16.2. The van der Waals surface area contributed by atoms with Gasteiger partial charge in [0.05, 0.1) is 0 Å². The second-order valence-corrected chi connectivity index (χ2v) is 9.67. The summed E-state index contributed by atoms with van der Waals surface area (Å²) in [5.41, 5.74) is 3.26. The monoisotopic (exact) mass is 478 g/mol. The van der Waals surface area contributed by atoms with E-state index < -0.39 is 17.6 Å². The number of ether oxygens (including phenoxy) is 2. The summed E-state index contributed by atoms with van der Waals surface area (Å²) in [5.74, 6) is -1.21. The van der Waals surface area contributed by atoms with Gasteiger partial charge >= 0.3 is 12.1 Å². The van der Waals surface area contributed by atoms with Crippen LogP contribution in [0.3, 0.4) is 0 Å². The zero-order valence-corrected chi connectivity index (χ0v) is 19.6. The minimum absolute atomic E-state index is 0.0899. The molecule has 0 bridgehead atoms. The Balaban J connectivity index is 1.30. The molecule has 8 nitrogen and oxygen atoms in total.